The number of carbonyl (C=O) groups is 3. The summed E-state index contributed by atoms with van der Waals surface area (Å²) in [6.45, 7) is 1.76. The monoisotopic (exact) mass is 487 g/mol. The lowest BCUT2D eigenvalue weighted by molar-refractivity contribution is -0.118. The normalized spacial score (nSPS) is 18.1. The van der Waals surface area contributed by atoms with Gasteiger partial charge in [-0.25, -0.2) is 0 Å². The Morgan fingerprint density at radius 1 is 1.24 bits per heavy atom. The number of fused-ring (bicyclic) bond motifs is 1. The first-order valence-corrected chi connectivity index (χ1v) is 10.6. The molecule has 3 amide bonds. The minimum absolute atomic E-state index is 0.172. The minimum atomic E-state index is -0.403. The van der Waals surface area contributed by atoms with Gasteiger partial charge in [0.2, 0.25) is 5.91 Å². The minimum Gasteiger partial charge on any atom is -0.325 e. The molecule has 1 fully saturated rings. The zero-order valence-electron chi connectivity index (χ0n) is 15.1. The standard InChI is InChI=1S/C20H14BrN3O3S2/c1-10-3-2-4-12(7-10)22-15(25)9-24-14-6-5-11(21)8-13(14)16(19(24)27)17-18(26)23-20(28)29-17/h2-8H,9H2,1H3,(H,22,25)(H,23,26,28)/b17-16+. The van der Waals surface area contributed by atoms with Crippen molar-refractivity contribution >= 4 is 78.9 Å². The third kappa shape index (κ3) is 3.85. The SMILES string of the molecule is Cc1cccc(NC(=O)CN2C(=O)/C(=C3/SC(=S)NC3=O)c3cc(Br)ccc32)c1. The molecule has 0 unspecified atom stereocenters. The van der Waals surface area contributed by atoms with Crippen molar-refractivity contribution in [2.75, 3.05) is 16.8 Å². The van der Waals surface area contributed by atoms with Gasteiger partial charge in [-0.05, 0) is 42.8 Å². The van der Waals surface area contributed by atoms with Gasteiger partial charge in [0, 0.05) is 15.7 Å². The summed E-state index contributed by atoms with van der Waals surface area (Å²) in [5, 5.41) is 5.35. The molecule has 2 N–H and O–H groups in total. The van der Waals surface area contributed by atoms with Gasteiger partial charge in [0.25, 0.3) is 11.8 Å². The second-order valence-corrected chi connectivity index (χ2v) is 9.12. The van der Waals surface area contributed by atoms with E-state index in [4.69, 9.17) is 12.2 Å². The summed E-state index contributed by atoms with van der Waals surface area (Å²) in [6.07, 6.45) is 0. The third-order valence-corrected chi connectivity index (χ3v) is 6.15. The first-order chi connectivity index (χ1) is 13.8. The fraction of sp³-hybridized carbons (Fsp3) is 0.100. The number of nitrogens with zero attached hydrogens (tertiary/aromatic N) is 1. The van der Waals surface area contributed by atoms with Crippen LogP contribution < -0.4 is 15.5 Å². The van der Waals surface area contributed by atoms with Crippen molar-refractivity contribution in [2.24, 2.45) is 0 Å². The van der Waals surface area contributed by atoms with Gasteiger partial charge in [0.15, 0.2) is 0 Å². The molecule has 9 heteroatoms. The predicted octanol–water partition coefficient (Wildman–Crippen LogP) is 3.60. The predicted molar refractivity (Wildman–Crippen MR) is 122 cm³/mol. The number of carbonyl (C=O) groups excluding carboxylic acids is 3. The third-order valence-electron chi connectivity index (χ3n) is 4.42. The highest BCUT2D eigenvalue weighted by Crippen LogP contribution is 2.43. The summed E-state index contributed by atoms with van der Waals surface area (Å²) in [4.78, 5) is 39.7. The summed E-state index contributed by atoms with van der Waals surface area (Å²) in [5.41, 5.74) is 3.10. The molecule has 2 aromatic rings. The number of anilines is 2. The molecule has 1 saturated heterocycles. The number of thioether (sulfide) groups is 1. The molecular formula is C20H14BrN3O3S2. The Morgan fingerprint density at radius 3 is 2.72 bits per heavy atom. The summed E-state index contributed by atoms with van der Waals surface area (Å²) >= 11 is 9.51. The molecule has 2 aromatic carbocycles. The molecule has 6 nitrogen and oxygen atoms in total. The summed E-state index contributed by atoms with van der Waals surface area (Å²) in [7, 11) is 0. The Morgan fingerprint density at radius 2 is 2.03 bits per heavy atom. The molecule has 0 aromatic heterocycles. The number of aryl methyl sites for hydroxylation is 1. The number of thiocarbonyl (C=S) groups is 1. The van der Waals surface area contributed by atoms with E-state index in [0.717, 1.165) is 21.8 Å². The van der Waals surface area contributed by atoms with Crippen molar-refractivity contribution in [3.05, 3.63) is 63.0 Å². The van der Waals surface area contributed by atoms with Crippen molar-refractivity contribution in [2.45, 2.75) is 6.92 Å². The van der Waals surface area contributed by atoms with Crippen LogP contribution in [0.5, 0.6) is 0 Å². The zero-order valence-corrected chi connectivity index (χ0v) is 18.3. The van der Waals surface area contributed by atoms with Crippen LogP contribution in [0, 0.1) is 6.92 Å². The first kappa shape index (κ1) is 19.8. The molecule has 0 aliphatic carbocycles. The van der Waals surface area contributed by atoms with Gasteiger partial charge in [-0.2, -0.15) is 0 Å². The number of amides is 3. The van der Waals surface area contributed by atoms with Crippen LogP contribution in [0.15, 0.2) is 51.8 Å². The van der Waals surface area contributed by atoms with E-state index < -0.39 is 11.8 Å². The van der Waals surface area contributed by atoms with E-state index in [1.165, 1.54) is 4.90 Å². The Bertz CT molecular complexity index is 1130. The van der Waals surface area contributed by atoms with Crippen LogP contribution in [-0.4, -0.2) is 28.6 Å². The van der Waals surface area contributed by atoms with Gasteiger partial charge in [-0.15, -0.1) is 0 Å². The van der Waals surface area contributed by atoms with Crippen LogP contribution >= 0.6 is 39.9 Å². The molecule has 2 heterocycles. The quantitative estimate of drug-likeness (QED) is 0.510. The van der Waals surface area contributed by atoms with E-state index in [-0.39, 0.29) is 22.9 Å². The van der Waals surface area contributed by atoms with Crippen LogP contribution in [0.25, 0.3) is 5.57 Å². The maximum atomic E-state index is 13.2. The van der Waals surface area contributed by atoms with Crippen LogP contribution in [0.1, 0.15) is 11.1 Å². The average molecular weight is 488 g/mol. The first-order valence-electron chi connectivity index (χ1n) is 8.59. The largest absolute Gasteiger partial charge is 0.325 e. The highest BCUT2D eigenvalue weighted by Gasteiger charge is 2.39. The molecule has 2 aliphatic rings. The highest BCUT2D eigenvalue weighted by molar-refractivity contribution is 9.10. The van der Waals surface area contributed by atoms with Crippen molar-refractivity contribution < 1.29 is 14.4 Å². The van der Waals surface area contributed by atoms with Gasteiger partial charge in [0.05, 0.1) is 16.2 Å². The van der Waals surface area contributed by atoms with Gasteiger partial charge >= 0.3 is 0 Å². The topological polar surface area (TPSA) is 78.5 Å². The van der Waals surface area contributed by atoms with E-state index in [1.54, 1.807) is 24.3 Å². The number of benzene rings is 2. The van der Waals surface area contributed by atoms with Gasteiger partial charge in [-0.1, -0.05) is 52.0 Å². The lowest BCUT2D eigenvalue weighted by Gasteiger charge is -2.17. The Labute approximate surface area is 184 Å². The number of hydrogen-bond acceptors (Lipinski definition) is 5. The summed E-state index contributed by atoms with van der Waals surface area (Å²) in [6, 6.07) is 12.7. The van der Waals surface area contributed by atoms with Crippen LogP contribution in [0.2, 0.25) is 0 Å². The fourth-order valence-electron chi connectivity index (χ4n) is 3.23. The molecular weight excluding hydrogens is 474 g/mol. The maximum absolute atomic E-state index is 13.2. The van der Waals surface area contributed by atoms with Crippen LogP contribution in [-0.2, 0) is 14.4 Å². The Hall–Kier alpha value is -2.49. The molecule has 0 saturated carbocycles. The van der Waals surface area contributed by atoms with Gasteiger partial charge in [-0.3, -0.25) is 19.3 Å². The number of halogens is 1. The van der Waals surface area contributed by atoms with E-state index in [0.29, 0.717) is 21.3 Å². The Balaban J connectivity index is 1.68. The van der Waals surface area contributed by atoms with E-state index in [1.807, 2.05) is 25.1 Å². The van der Waals surface area contributed by atoms with Crippen molar-refractivity contribution in [1.82, 2.24) is 5.32 Å². The van der Waals surface area contributed by atoms with E-state index in [9.17, 15) is 14.4 Å². The van der Waals surface area contributed by atoms with Crippen molar-refractivity contribution in [3.63, 3.8) is 0 Å². The Kier molecular flexibility index (Phi) is 5.28. The molecule has 0 spiro atoms. The van der Waals surface area contributed by atoms with Crippen LogP contribution in [0.4, 0.5) is 11.4 Å². The number of rotatable bonds is 3. The second-order valence-electron chi connectivity index (χ2n) is 6.52. The molecule has 146 valence electrons. The van der Waals surface area contributed by atoms with Crippen molar-refractivity contribution in [3.8, 4) is 0 Å². The zero-order chi connectivity index (χ0) is 20.7. The summed E-state index contributed by atoms with van der Waals surface area (Å²) in [5.74, 6) is -1.14. The van der Waals surface area contributed by atoms with E-state index in [2.05, 4.69) is 26.6 Å². The van der Waals surface area contributed by atoms with Crippen molar-refractivity contribution in [1.29, 1.82) is 0 Å². The number of hydrogen-bond donors (Lipinski definition) is 2. The molecule has 4 rings (SSSR count). The molecule has 0 bridgehead atoms. The molecule has 29 heavy (non-hydrogen) atoms. The lowest BCUT2D eigenvalue weighted by atomic mass is 10.1. The second kappa shape index (κ2) is 7.74. The molecule has 0 atom stereocenters. The van der Waals surface area contributed by atoms with Crippen LogP contribution in [0.3, 0.4) is 0 Å². The number of nitrogens with one attached hydrogen (secondary N) is 2. The van der Waals surface area contributed by atoms with E-state index >= 15 is 0 Å². The van der Waals surface area contributed by atoms with Gasteiger partial charge in [0.1, 0.15) is 10.9 Å². The molecule has 0 radical (unpaired) electrons. The van der Waals surface area contributed by atoms with Gasteiger partial charge < -0.3 is 10.6 Å². The smallest absolute Gasteiger partial charge is 0.264 e. The molecule has 2 aliphatic heterocycles. The fourth-order valence-corrected chi connectivity index (χ4v) is 4.70. The summed E-state index contributed by atoms with van der Waals surface area (Å²) < 4.78 is 1.07. The maximum Gasteiger partial charge on any atom is 0.264 e. The average Bonchev–Trinajstić information content (AvgIpc) is 3.10. The lowest BCUT2D eigenvalue weighted by Crippen LogP contribution is -2.35. The highest BCUT2D eigenvalue weighted by atomic mass is 79.9.